The van der Waals surface area contributed by atoms with Crippen LogP contribution in [0.3, 0.4) is 0 Å². The van der Waals surface area contributed by atoms with Crippen molar-refractivity contribution in [2.24, 2.45) is 11.8 Å². The van der Waals surface area contributed by atoms with E-state index < -0.39 is 0 Å². The van der Waals surface area contributed by atoms with E-state index in [1.807, 2.05) is 29.2 Å². The molecule has 20 heavy (non-hydrogen) atoms. The second-order valence-electron chi connectivity index (χ2n) is 5.98. The number of hydrogen-bond donors (Lipinski definition) is 0. The van der Waals surface area contributed by atoms with Gasteiger partial charge in [0.25, 0.3) is 0 Å². The predicted molar refractivity (Wildman–Crippen MR) is 75.3 cm³/mol. The molecule has 5 nitrogen and oxygen atoms in total. The molecule has 1 saturated carbocycles. The molecule has 0 radical (unpaired) electrons. The molecule has 2 atom stereocenters. The summed E-state index contributed by atoms with van der Waals surface area (Å²) in [4.78, 5) is 14.6. The molecule has 1 aliphatic heterocycles. The maximum Gasteiger partial charge on any atom is 0.346 e. The van der Waals surface area contributed by atoms with Gasteiger partial charge in [-0.3, -0.25) is 0 Å². The van der Waals surface area contributed by atoms with Crippen LogP contribution in [0.5, 0.6) is 0 Å². The minimum Gasteiger partial charge on any atom is -0.322 e. The average molecular weight is 270 g/mol. The molecule has 0 N–H and O–H groups in total. The molecule has 1 saturated heterocycles. The maximum absolute atomic E-state index is 12.7. The average Bonchev–Trinajstić information content (AvgIpc) is 3.10. The Morgan fingerprint density at radius 3 is 2.55 bits per heavy atom. The van der Waals surface area contributed by atoms with Gasteiger partial charge in [0.2, 0.25) is 0 Å². The van der Waals surface area contributed by atoms with Crippen molar-refractivity contribution in [1.29, 1.82) is 0 Å². The molecule has 2 unspecified atom stereocenters. The molecule has 2 fully saturated rings. The van der Waals surface area contributed by atoms with Gasteiger partial charge < -0.3 is 4.90 Å². The van der Waals surface area contributed by atoms with E-state index in [4.69, 9.17) is 0 Å². The first-order valence-corrected chi connectivity index (χ1v) is 7.42. The molecular formula is C15H18N4O. The molecule has 1 aliphatic carbocycles. The third-order valence-corrected chi connectivity index (χ3v) is 4.78. The zero-order valence-corrected chi connectivity index (χ0v) is 11.4. The summed E-state index contributed by atoms with van der Waals surface area (Å²) in [7, 11) is 0. The van der Waals surface area contributed by atoms with Crippen LogP contribution in [0, 0.1) is 11.8 Å². The monoisotopic (exact) mass is 270 g/mol. The van der Waals surface area contributed by atoms with Crippen molar-refractivity contribution in [3.63, 3.8) is 0 Å². The van der Waals surface area contributed by atoms with Crippen LogP contribution < -0.4 is 0 Å². The Balaban J connectivity index is 1.61. The Morgan fingerprint density at radius 1 is 1.10 bits per heavy atom. The van der Waals surface area contributed by atoms with E-state index in [0.29, 0.717) is 11.8 Å². The standard InChI is InChI=1S/C15H18N4O/c20-15(18-9-11-5-1-2-6-12(11)10-18)19-14-8-4-3-7-13(14)16-17-19/h3-4,7-8,11-12H,1-2,5-6,9-10H2. The number of amides is 1. The lowest BCUT2D eigenvalue weighted by molar-refractivity contribution is 0.205. The number of carbonyl (C=O) groups is 1. The van der Waals surface area contributed by atoms with Gasteiger partial charge in [-0.25, -0.2) is 4.79 Å². The number of rotatable bonds is 0. The highest BCUT2D eigenvalue weighted by atomic mass is 16.2. The molecule has 2 heterocycles. The van der Waals surface area contributed by atoms with Gasteiger partial charge in [-0.1, -0.05) is 30.2 Å². The molecule has 5 heteroatoms. The number of hydrogen-bond acceptors (Lipinski definition) is 3. The van der Waals surface area contributed by atoms with E-state index in [0.717, 1.165) is 24.1 Å². The van der Waals surface area contributed by atoms with Gasteiger partial charge >= 0.3 is 6.03 Å². The number of fused-ring (bicyclic) bond motifs is 2. The summed E-state index contributed by atoms with van der Waals surface area (Å²) in [5, 5.41) is 8.10. The van der Waals surface area contributed by atoms with E-state index in [-0.39, 0.29) is 6.03 Å². The van der Waals surface area contributed by atoms with Crippen molar-refractivity contribution in [1.82, 2.24) is 19.9 Å². The normalized spacial score (nSPS) is 25.9. The summed E-state index contributed by atoms with van der Waals surface area (Å²) in [6, 6.07) is 7.59. The number of nitrogens with zero attached hydrogens (tertiary/aromatic N) is 4. The van der Waals surface area contributed by atoms with Gasteiger partial charge in [0, 0.05) is 13.1 Å². The van der Waals surface area contributed by atoms with Crippen LogP contribution in [0.25, 0.3) is 11.0 Å². The minimum absolute atomic E-state index is 0.0203. The molecule has 4 rings (SSSR count). The SMILES string of the molecule is O=C(N1CC2CCCCC2C1)n1nnc2ccccc21. The van der Waals surface area contributed by atoms with Gasteiger partial charge in [0.05, 0.1) is 5.52 Å². The molecule has 1 amide bonds. The Labute approximate surface area is 117 Å². The smallest absolute Gasteiger partial charge is 0.322 e. The van der Waals surface area contributed by atoms with E-state index in [9.17, 15) is 4.79 Å². The first-order chi connectivity index (χ1) is 9.83. The Morgan fingerprint density at radius 2 is 1.80 bits per heavy atom. The largest absolute Gasteiger partial charge is 0.346 e. The number of carbonyl (C=O) groups excluding carboxylic acids is 1. The van der Waals surface area contributed by atoms with Gasteiger partial charge in [-0.15, -0.1) is 5.10 Å². The van der Waals surface area contributed by atoms with Crippen molar-refractivity contribution < 1.29 is 4.79 Å². The zero-order valence-electron chi connectivity index (χ0n) is 11.4. The van der Waals surface area contributed by atoms with Crippen LogP contribution in [0.4, 0.5) is 4.79 Å². The highest BCUT2D eigenvalue weighted by Gasteiger charge is 2.37. The number of para-hydroxylation sites is 1. The zero-order chi connectivity index (χ0) is 13.5. The summed E-state index contributed by atoms with van der Waals surface area (Å²) < 4.78 is 1.45. The minimum atomic E-state index is -0.0203. The van der Waals surface area contributed by atoms with Crippen LogP contribution >= 0.6 is 0 Å². The van der Waals surface area contributed by atoms with E-state index in [2.05, 4.69) is 10.3 Å². The summed E-state index contributed by atoms with van der Waals surface area (Å²) in [5.74, 6) is 1.39. The molecule has 2 aromatic rings. The third-order valence-electron chi connectivity index (χ3n) is 4.78. The number of likely N-dealkylation sites (tertiary alicyclic amines) is 1. The summed E-state index contributed by atoms with van der Waals surface area (Å²) in [6.07, 6.45) is 5.17. The lowest BCUT2D eigenvalue weighted by Crippen LogP contribution is -2.33. The van der Waals surface area contributed by atoms with Crippen molar-refractivity contribution >= 4 is 17.1 Å². The van der Waals surface area contributed by atoms with E-state index in [1.54, 1.807) is 0 Å². The van der Waals surface area contributed by atoms with Gasteiger partial charge in [-0.05, 0) is 36.8 Å². The fourth-order valence-electron chi connectivity index (χ4n) is 3.71. The summed E-state index contributed by atoms with van der Waals surface area (Å²) in [5.41, 5.74) is 1.57. The van der Waals surface area contributed by atoms with Gasteiger partial charge in [0.15, 0.2) is 0 Å². The summed E-state index contributed by atoms with van der Waals surface area (Å²) >= 11 is 0. The quantitative estimate of drug-likeness (QED) is 0.739. The molecular weight excluding hydrogens is 252 g/mol. The van der Waals surface area contributed by atoms with Gasteiger partial charge in [0.1, 0.15) is 5.52 Å². The molecule has 2 aliphatic rings. The second kappa shape index (κ2) is 4.58. The molecule has 0 bridgehead atoms. The molecule has 0 spiro atoms. The van der Waals surface area contributed by atoms with Crippen LogP contribution in [0.1, 0.15) is 25.7 Å². The number of aromatic nitrogens is 3. The Hall–Kier alpha value is -1.91. The lowest BCUT2D eigenvalue weighted by atomic mass is 9.82. The topological polar surface area (TPSA) is 51.0 Å². The lowest BCUT2D eigenvalue weighted by Gasteiger charge is -2.22. The van der Waals surface area contributed by atoms with Crippen molar-refractivity contribution in [3.8, 4) is 0 Å². The first kappa shape index (κ1) is 11.9. The fraction of sp³-hybridized carbons (Fsp3) is 0.533. The van der Waals surface area contributed by atoms with Crippen LogP contribution in [0.2, 0.25) is 0 Å². The molecule has 1 aromatic carbocycles. The Bertz CT molecular complexity index is 636. The maximum atomic E-state index is 12.7. The first-order valence-electron chi connectivity index (χ1n) is 7.42. The number of benzene rings is 1. The Kier molecular flexibility index (Phi) is 2.72. The van der Waals surface area contributed by atoms with Crippen molar-refractivity contribution in [2.45, 2.75) is 25.7 Å². The van der Waals surface area contributed by atoms with Crippen LogP contribution in [0.15, 0.2) is 24.3 Å². The van der Waals surface area contributed by atoms with Crippen LogP contribution in [-0.4, -0.2) is 39.0 Å². The fourth-order valence-corrected chi connectivity index (χ4v) is 3.71. The highest BCUT2D eigenvalue weighted by Crippen LogP contribution is 2.36. The molecule has 104 valence electrons. The summed E-state index contributed by atoms with van der Waals surface area (Å²) in [6.45, 7) is 1.77. The van der Waals surface area contributed by atoms with Crippen molar-refractivity contribution in [3.05, 3.63) is 24.3 Å². The highest BCUT2D eigenvalue weighted by molar-refractivity contribution is 5.87. The third kappa shape index (κ3) is 1.80. The van der Waals surface area contributed by atoms with Crippen LogP contribution in [-0.2, 0) is 0 Å². The van der Waals surface area contributed by atoms with Crippen molar-refractivity contribution in [2.75, 3.05) is 13.1 Å². The second-order valence-corrected chi connectivity index (χ2v) is 5.98. The van der Waals surface area contributed by atoms with E-state index >= 15 is 0 Å². The predicted octanol–water partition coefficient (Wildman–Crippen LogP) is 2.52. The molecule has 1 aromatic heterocycles. The van der Waals surface area contributed by atoms with E-state index in [1.165, 1.54) is 30.4 Å². The van der Waals surface area contributed by atoms with Gasteiger partial charge in [-0.2, -0.15) is 4.68 Å².